The quantitative estimate of drug-likeness (QED) is 0.463. The van der Waals surface area contributed by atoms with E-state index in [1.165, 1.54) is 0 Å². The van der Waals surface area contributed by atoms with Gasteiger partial charge in [0.2, 0.25) is 0 Å². The highest BCUT2D eigenvalue weighted by atomic mass is 16.4. The third-order valence-corrected chi connectivity index (χ3v) is 2.37. The number of nitrogens with zero attached hydrogens (tertiary/aromatic N) is 1. The number of carboxylic acid groups (broad SMARTS) is 1. The van der Waals surface area contributed by atoms with Crippen LogP contribution in [0.25, 0.3) is 0 Å². The van der Waals surface area contributed by atoms with Crippen molar-refractivity contribution in [3.05, 3.63) is 0 Å². The second-order valence-corrected chi connectivity index (χ2v) is 4.31. The number of rotatable bonds is 8. The first kappa shape index (κ1) is 17.0. The van der Waals surface area contributed by atoms with Crippen LogP contribution in [-0.2, 0) is 4.79 Å². The lowest BCUT2D eigenvalue weighted by molar-refractivity contribution is -0.137. The summed E-state index contributed by atoms with van der Waals surface area (Å²) in [5.41, 5.74) is 4.88. The summed E-state index contributed by atoms with van der Waals surface area (Å²) in [5.74, 6) is -0.880. The smallest absolute Gasteiger partial charge is 0.317 e. The van der Waals surface area contributed by atoms with Crippen LogP contribution in [0.15, 0.2) is 0 Å². The highest BCUT2D eigenvalue weighted by Gasteiger charge is 2.16. The van der Waals surface area contributed by atoms with E-state index in [0.29, 0.717) is 13.0 Å². The number of urea groups is 2. The summed E-state index contributed by atoms with van der Waals surface area (Å²) < 4.78 is 0. The summed E-state index contributed by atoms with van der Waals surface area (Å²) in [6, 6.07) is -0.957. The normalized spacial score (nSPS) is 10.1. The van der Waals surface area contributed by atoms with E-state index in [0.717, 1.165) is 0 Å². The van der Waals surface area contributed by atoms with Gasteiger partial charge in [0.05, 0.1) is 0 Å². The molecule has 0 bridgehead atoms. The zero-order valence-corrected chi connectivity index (χ0v) is 11.3. The molecule has 8 heteroatoms. The Balaban J connectivity index is 4.04. The van der Waals surface area contributed by atoms with E-state index in [9.17, 15) is 14.4 Å². The molecule has 5 N–H and O–H groups in total. The number of hydrogen-bond acceptors (Lipinski definition) is 3. The second-order valence-electron chi connectivity index (χ2n) is 4.31. The summed E-state index contributed by atoms with van der Waals surface area (Å²) in [7, 11) is 0. The molecule has 0 aliphatic rings. The molecule has 0 aromatic heterocycles. The molecule has 0 radical (unpaired) electrons. The molecule has 0 rings (SSSR count). The second kappa shape index (κ2) is 9.01. The number of nitrogens with two attached hydrogens (primary N) is 1. The number of carbonyl (C=O) groups is 3. The number of hydrogen-bond donors (Lipinski definition) is 4. The van der Waals surface area contributed by atoms with Crippen molar-refractivity contribution >= 4 is 18.0 Å². The van der Waals surface area contributed by atoms with E-state index in [4.69, 9.17) is 10.8 Å². The topological polar surface area (TPSA) is 125 Å². The lowest BCUT2D eigenvalue weighted by Gasteiger charge is -2.26. The lowest BCUT2D eigenvalue weighted by Crippen LogP contribution is -2.46. The standard InChI is InChI=1S/C11H22N4O4/c1-8(2)15(7-3-4-9(16)17)11(19)14-6-5-13-10(12)18/h8H,3-7H2,1-2H3,(H,14,19)(H,16,17)(H3,12,13,18). The SMILES string of the molecule is CC(C)N(CCCC(=O)O)C(=O)NCCNC(N)=O. The van der Waals surface area contributed by atoms with Crippen LogP contribution in [0.2, 0.25) is 0 Å². The maximum Gasteiger partial charge on any atom is 0.317 e. The monoisotopic (exact) mass is 274 g/mol. The fourth-order valence-corrected chi connectivity index (χ4v) is 1.45. The number of aliphatic carboxylic acids is 1. The van der Waals surface area contributed by atoms with E-state index < -0.39 is 12.0 Å². The van der Waals surface area contributed by atoms with Gasteiger partial charge in [0.15, 0.2) is 0 Å². The molecule has 0 saturated heterocycles. The molecule has 0 fully saturated rings. The highest BCUT2D eigenvalue weighted by molar-refractivity contribution is 5.75. The summed E-state index contributed by atoms with van der Waals surface area (Å²) >= 11 is 0. The van der Waals surface area contributed by atoms with Crippen molar-refractivity contribution in [1.29, 1.82) is 0 Å². The zero-order valence-electron chi connectivity index (χ0n) is 11.3. The molecule has 0 aliphatic carbocycles. The van der Waals surface area contributed by atoms with E-state index in [2.05, 4.69) is 10.6 Å². The van der Waals surface area contributed by atoms with Gasteiger partial charge in [-0.25, -0.2) is 9.59 Å². The molecule has 0 heterocycles. The Morgan fingerprint density at radius 2 is 1.79 bits per heavy atom. The first-order valence-corrected chi connectivity index (χ1v) is 6.14. The van der Waals surface area contributed by atoms with Gasteiger partial charge < -0.3 is 26.4 Å². The predicted octanol–water partition coefficient (Wildman–Crippen LogP) is -0.0605. The minimum Gasteiger partial charge on any atom is -0.481 e. The fraction of sp³-hybridized carbons (Fsp3) is 0.727. The number of carboxylic acids is 1. The van der Waals surface area contributed by atoms with Crippen LogP contribution < -0.4 is 16.4 Å². The van der Waals surface area contributed by atoms with Gasteiger partial charge in [0.25, 0.3) is 0 Å². The molecular weight excluding hydrogens is 252 g/mol. The molecule has 19 heavy (non-hydrogen) atoms. The van der Waals surface area contributed by atoms with Gasteiger partial charge in [-0.2, -0.15) is 0 Å². The first-order valence-electron chi connectivity index (χ1n) is 6.14. The molecule has 0 unspecified atom stereocenters. The Hall–Kier alpha value is -1.99. The van der Waals surface area contributed by atoms with Crippen molar-refractivity contribution < 1.29 is 19.5 Å². The third-order valence-electron chi connectivity index (χ3n) is 2.37. The molecule has 4 amide bonds. The van der Waals surface area contributed by atoms with Crippen LogP contribution in [0.3, 0.4) is 0 Å². The number of amides is 4. The van der Waals surface area contributed by atoms with Crippen LogP contribution in [0.5, 0.6) is 0 Å². The largest absolute Gasteiger partial charge is 0.481 e. The van der Waals surface area contributed by atoms with Crippen molar-refractivity contribution in [3.8, 4) is 0 Å². The average molecular weight is 274 g/mol. The van der Waals surface area contributed by atoms with E-state index in [-0.39, 0.29) is 31.6 Å². The molecule has 0 saturated carbocycles. The molecule has 0 spiro atoms. The van der Waals surface area contributed by atoms with Gasteiger partial charge >= 0.3 is 18.0 Å². The summed E-state index contributed by atoms with van der Waals surface area (Å²) in [4.78, 5) is 34.2. The Bertz CT molecular complexity index is 320. The summed E-state index contributed by atoms with van der Waals surface area (Å²) in [6.45, 7) is 4.59. The molecule has 0 aromatic carbocycles. The molecule has 0 aromatic rings. The van der Waals surface area contributed by atoms with Crippen molar-refractivity contribution in [2.24, 2.45) is 5.73 Å². The van der Waals surface area contributed by atoms with Crippen LogP contribution in [0.4, 0.5) is 9.59 Å². The molecular formula is C11H22N4O4. The van der Waals surface area contributed by atoms with E-state index >= 15 is 0 Å². The predicted molar refractivity (Wildman–Crippen MR) is 69.7 cm³/mol. The van der Waals surface area contributed by atoms with Crippen LogP contribution in [-0.4, -0.2) is 53.7 Å². The molecule has 8 nitrogen and oxygen atoms in total. The van der Waals surface area contributed by atoms with Crippen LogP contribution in [0.1, 0.15) is 26.7 Å². The van der Waals surface area contributed by atoms with Gasteiger partial charge in [-0.1, -0.05) is 0 Å². The summed E-state index contributed by atoms with van der Waals surface area (Å²) in [5, 5.41) is 13.5. The number of nitrogens with one attached hydrogen (secondary N) is 2. The maximum atomic E-state index is 11.8. The van der Waals surface area contributed by atoms with Gasteiger partial charge in [-0.3, -0.25) is 4.79 Å². The van der Waals surface area contributed by atoms with Crippen molar-refractivity contribution in [2.45, 2.75) is 32.7 Å². The highest BCUT2D eigenvalue weighted by Crippen LogP contribution is 2.02. The zero-order chi connectivity index (χ0) is 14.8. The minimum atomic E-state index is -0.880. The Labute approximate surface area is 112 Å². The molecule has 110 valence electrons. The van der Waals surface area contributed by atoms with Gasteiger partial charge in [0.1, 0.15) is 0 Å². The molecule has 0 aliphatic heterocycles. The van der Waals surface area contributed by atoms with Gasteiger partial charge in [0, 0.05) is 32.1 Å². The summed E-state index contributed by atoms with van der Waals surface area (Å²) in [6.07, 6.45) is 0.431. The van der Waals surface area contributed by atoms with Crippen molar-refractivity contribution in [1.82, 2.24) is 15.5 Å². The van der Waals surface area contributed by atoms with Gasteiger partial charge in [-0.05, 0) is 20.3 Å². The first-order chi connectivity index (χ1) is 8.84. The Kier molecular flexibility index (Phi) is 8.07. The van der Waals surface area contributed by atoms with E-state index in [1.54, 1.807) is 4.90 Å². The van der Waals surface area contributed by atoms with Crippen molar-refractivity contribution in [2.75, 3.05) is 19.6 Å². The van der Waals surface area contributed by atoms with Crippen molar-refractivity contribution in [3.63, 3.8) is 0 Å². The molecule has 0 atom stereocenters. The minimum absolute atomic E-state index is 0.0275. The maximum absolute atomic E-state index is 11.8. The fourth-order valence-electron chi connectivity index (χ4n) is 1.45. The van der Waals surface area contributed by atoms with Crippen LogP contribution in [0, 0.1) is 0 Å². The average Bonchev–Trinajstić information content (AvgIpc) is 2.28. The number of primary amides is 1. The van der Waals surface area contributed by atoms with Crippen LogP contribution >= 0.6 is 0 Å². The Morgan fingerprint density at radius 1 is 1.21 bits per heavy atom. The van der Waals surface area contributed by atoms with E-state index in [1.807, 2.05) is 13.8 Å². The lowest BCUT2D eigenvalue weighted by atomic mass is 10.2. The Morgan fingerprint density at radius 3 is 2.26 bits per heavy atom. The van der Waals surface area contributed by atoms with Gasteiger partial charge in [-0.15, -0.1) is 0 Å². The third kappa shape index (κ3) is 8.70. The number of carbonyl (C=O) groups excluding carboxylic acids is 2.